The standard InChI is InChI=1S/C15H20N2O4/c1-17(9-15(20)4-6-21-7-5-15)10-2-3-11-12(8-10)16-14(19)13(11)18/h2-3,8,13,18,20H,4-7,9H2,1H3,(H,16,19). The average Bonchev–Trinajstić information content (AvgIpc) is 2.74. The quantitative estimate of drug-likeness (QED) is 0.762. The molecule has 1 saturated heterocycles. The topological polar surface area (TPSA) is 82.0 Å². The van der Waals surface area contributed by atoms with Gasteiger partial charge >= 0.3 is 0 Å². The van der Waals surface area contributed by atoms with Crippen LogP contribution in [-0.2, 0) is 9.53 Å². The number of hydrogen-bond donors (Lipinski definition) is 3. The van der Waals surface area contributed by atoms with Crippen molar-refractivity contribution in [3.8, 4) is 0 Å². The number of fused-ring (bicyclic) bond motifs is 1. The molecule has 0 aliphatic carbocycles. The largest absolute Gasteiger partial charge is 0.388 e. The van der Waals surface area contributed by atoms with Crippen LogP contribution < -0.4 is 10.2 Å². The third-order valence-electron chi connectivity index (χ3n) is 4.23. The molecule has 3 N–H and O–H groups in total. The monoisotopic (exact) mass is 292 g/mol. The lowest BCUT2D eigenvalue weighted by molar-refractivity contribution is -0.123. The van der Waals surface area contributed by atoms with Gasteiger partial charge in [0, 0.05) is 56.6 Å². The third-order valence-corrected chi connectivity index (χ3v) is 4.23. The van der Waals surface area contributed by atoms with Crippen LogP contribution in [0, 0.1) is 0 Å². The Balaban J connectivity index is 1.75. The molecule has 3 rings (SSSR count). The zero-order valence-electron chi connectivity index (χ0n) is 12.0. The maximum Gasteiger partial charge on any atom is 0.257 e. The number of nitrogens with one attached hydrogen (secondary N) is 1. The van der Waals surface area contributed by atoms with Crippen molar-refractivity contribution in [2.75, 3.05) is 37.0 Å². The molecule has 2 heterocycles. The molecule has 0 bridgehead atoms. The molecule has 1 aromatic carbocycles. The number of hydrogen-bond acceptors (Lipinski definition) is 5. The molecule has 2 aliphatic rings. The van der Waals surface area contributed by atoms with E-state index in [0.29, 0.717) is 43.9 Å². The fourth-order valence-corrected chi connectivity index (χ4v) is 2.91. The van der Waals surface area contributed by atoms with E-state index in [4.69, 9.17) is 4.74 Å². The van der Waals surface area contributed by atoms with Gasteiger partial charge in [0.2, 0.25) is 0 Å². The lowest BCUT2D eigenvalue weighted by Crippen LogP contribution is -2.45. The zero-order chi connectivity index (χ0) is 15.0. The van der Waals surface area contributed by atoms with E-state index in [1.165, 1.54) is 0 Å². The molecule has 1 amide bonds. The minimum absolute atomic E-state index is 0.395. The molecule has 2 aliphatic heterocycles. The van der Waals surface area contributed by atoms with Gasteiger partial charge in [0.05, 0.1) is 5.60 Å². The first-order chi connectivity index (χ1) is 9.98. The second-order valence-electron chi connectivity index (χ2n) is 5.86. The Labute approximate surface area is 123 Å². The van der Waals surface area contributed by atoms with Gasteiger partial charge in [-0.1, -0.05) is 6.07 Å². The molecule has 1 aromatic rings. The molecular formula is C15H20N2O4. The third kappa shape index (κ3) is 2.74. The first kappa shape index (κ1) is 14.3. The molecule has 1 atom stereocenters. The van der Waals surface area contributed by atoms with Crippen LogP contribution in [0.15, 0.2) is 18.2 Å². The van der Waals surface area contributed by atoms with Gasteiger partial charge in [0.25, 0.3) is 5.91 Å². The molecule has 0 aromatic heterocycles. The zero-order valence-corrected chi connectivity index (χ0v) is 12.0. The highest BCUT2D eigenvalue weighted by molar-refractivity contribution is 6.02. The number of aliphatic hydroxyl groups excluding tert-OH is 1. The second-order valence-corrected chi connectivity index (χ2v) is 5.86. The maximum atomic E-state index is 11.5. The molecule has 0 radical (unpaired) electrons. The molecule has 1 unspecified atom stereocenters. The van der Waals surface area contributed by atoms with E-state index in [2.05, 4.69) is 5.32 Å². The van der Waals surface area contributed by atoms with Crippen molar-refractivity contribution in [2.24, 2.45) is 0 Å². The van der Waals surface area contributed by atoms with E-state index >= 15 is 0 Å². The van der Waals surface area contributed by atoms with E-state index in [1.54, 1.807) is 6.07 Å². The summed E-state index contributed by atoms with van der Waals surface area (Å²) in [5, 5.41) is 22.9. The van der Waals surface area contributed by atoms with Crippen molar-refractivity contribution >= 4 is 17.3 Å². The number of rotatable bonds is 3. The molecule has 0 spiro atoms. The van der Waals surface area contributed by atoms with E-state index < -0.39 is 17.6 Å². The van der Waals surface area contributed by atoms with Gasteiger partial charge in [-0.3, -0.25) is 4.79 Å². The van der Waals surface area contributed by atoms with E-state index in [0.717, 1.165) is 5.69 Å². The van der Waals surface area contributed by atoms with Crippen LogP contribution in [0.4, 0.5) is 11.4 Å². The molecule has 114 valence electrons. The Hall–Kier alpha value is -1.63. The smallest absolute Gasteiger partial charge is 0.257 e. The summed E-state index contributed by atoms with van der Waals surface area (Å²) in [7, 11) is 1.91. The predicted molar refractivity (Wildman–Crippen MR) is 78.3 cm³/mol. The van der Waals surface area contributed by atoms with Gasteiger partial charge in [0.15, 0.2) is 6.10 Å². The molecule has 6 heteroatoms. The number of nitrogens with zero attached hydrogens (tertiary/aromatic N) is 1. The molecular weight excluding hydrogens is 272 g/mol. The van der Waals surface area contributed by atoms with Crippen molar-refractivity contribution in [2.45, 2.75) is 24.5 Å². The number of anilines is 2. The number of carbonyl (C=O) groups is 1. The Morgan fingerprint density at radius 1 is 1.43 bits per heavy atom. The highest BCUT2D eigenvalue weighted by atomic mass is 16.5. The van der Waals surface area contributed by atoms with Crippen LogP contribution in [-0.4, -0.2) is 48.5 Å². The number of likely N-dealkylation sites (N-methyl/N-ethyl adjacent to an activating group) is 1. The number of carbonyl (C=O) groups excluding carboxylic acids is 1. The number of amides is 1. The highest BCUT2D eigenvalue weighted by Crippen LogP contribution is 2.34. The van der Waals surface area contributed by atoms with Gasteiger partial charge in [-0.15, -0.1) is 0 Å². The predicted octanol–water partition coefficient (Wildman–Crippen LogP) is 0.650. The van der Waals surface area contributed by atoms with Crippen LogP contribution in [0.2, 0.25) is 0 Å². The van der Waals surface area contributed by atoms with E-state index in [9.17, 15) is 15.0 Å². The van der Waals surface area contributed by atoms with Gasteiger partial charge in [-0.2, -0.15) is 0 Å². The summed E-state index contributed by atoms with van der Waals surface area (Å²) in [6.07, 6.45) is 0.161. The van der Waals surface area contributed by atoms with Gasteiger partial charge in [-0.05, 0) is 12.1 Å². The average molecular weight is 292 g/mol. The Bertz CT molecular complexity index is 555. The van der Waals surface area contributed by atoms with Gasteiger partial charge < -0.3 is 25.2 Å². The Morgan fingerprint density at radius 3 is 2.86 bits per heavy atom. The minimum atomic E-state index is -1.08. The SMILES string of the molecule is CN(CC1(O)CCOCC1)c1ccc2c(c1)NC(=O)C2O. The lowest BCUT2D eigenvalue weighted by atomic mass is 9.93. The molecule has 0 saturated carbocycles. The summed E-state index contributed by atoms with van der Waals surface area (Å²) in [6, 6.07) is 5.43. The fourth-order valence-electron chi connectivity index (χ4n) is 2.91. The highest BCUT2D eigenvalue weighted by Gasteiger charge is 2.32. The summed E-state index contributed by atoms with van der Waals surface area (Å²) in [4.78, 5) is 13.4. The fraction of sp³-hybridized carbons (Fsp3) is 0.533. The summed E-state index contributed by atoms with van der Waals surface area (Å²) in [5.74, 6) is -0.395. The van der Waals surface area contributed by atoms with Crippen molar-refractivity contribution < 1.29 is 19.7 Å². The van der Waals surface area contributed by atoms with Gasteiger partial charge in [0.1, 0.15) is 0 Å². The first-order valence-corrected chi connectivity index (χ1v) is 7.13. The Kier molecular flexibility index (Phi) is 3.61. The van der Waals surface area contributed by atoms with Crippen LogP contribution in [0.5, 0.6) is 0 Å². The summed E-state index contributed by atoms with van der Waals surface area (Å²) < 4.78 is 5.28. The van der Waals surface area contributed by atoms with E-state index in [1.807, 2.05) is 24.1 Å². The second kappa shape index (κ2) is 5.29. The van der Waals surface area contributed by atoms with Crippen LogP contribution in [0.3, 0.4) is 0 Å². The lowest BCUT2D eigenvalue weighted by Gasteiger charge is -2.36. The van der Waals surface area contributed by atoms with Gasteiger partial charge in [-0.25, -0.2) is 0 Å². The first-order valence-electron chi connectivity index (χ1n) is 7.13. The van der Waals surface area contributed by atoms with Crippen LogP contribution in [0.25, 0.3) is 0 Å². The maximum absolute atomic E-state index is 11.5. The van der Waals surface area contributed by atoms with Crippen LogP contribution >= 0.6 is 0 Å². The minimum Gasteiger partial charge on any atom is -0.388 e. The summed E-state index contributed by atoms with van der Waals surface area (Å²) in [6.45, 7) is 1.67. The van der Waals surface area contributed by atoms with Crippen molar-refractivity contribution in [3.63, 3.8) is 0 Å². The normalized spacial score (nSPS) is 23.6. The van der Waals surface area contributed by atoms with Crippen molar-refractivity contribution in [3.05, 3.63) is 23.8 Å². The van der Waals surface area contributed by atoms with Crippen LogP contribution in [0.1, 0.15) is 24.5 Å². The number of ether oxygens (including phenoxy) is 1. The molecule has 1 fully saturated rings. The number of aliphatic hydroxyl groups is 2. The summed E-state index contributed by atoms with van der Waals surface area (Å²) in [5.41, 5.74) is 1.38. The van der Waals surface area contributed by atoms with Crippen molar-refractivity contribution in [1.82, 2.24) is 0 Å². The van der Waals surface area contributed by atoms with E-state index in [-0.39, 0.29) is 0 Å². The number of benzene rings is 1. The summed E-state index contributed by atoms with van der Waals surface area (Å²) >= 11 is 0. The molecule has 21 heavy (non-hydrogen) atoms. The Morgan fingerprint density at radius 2 is 2.14 bits per heavy atom. The molecule has 6 nitrogen and oxygen atoms in total. The van der Waals surface area contributed by atoms with Crippen molar-refractivity contribution in [1.29, 1.82) is 0 Å².